The predicted molar refractivity (Wildman–Crippen MR) is 248 cm³/mol. The van der Waals surface area contributed by atoms with E-state index in [1.807, 2.05) is 0 Å². The molecule has 14 unspecified atom stereocenters. The zero-order valence-corrected chi connectivity index (χ0v) is 43.5. The van der Waals surface area contributed by atoms with Gasteiger partial charge in [0.15, 0.2) is 37.7 Å². The molecule has 7 rings (SSSR count). The molecule has 0 radical (unpaired) electrons. The summed E-state index contributed by atoms with van der Waals surface area (Å²) in [5.74, 6) is -3.68. The smallest absolute Gasteiger partial charge is 0.187 e. The summed E-state index contributed by atoms with van der Waals surface area (Å²) in [4.78, 5) is 0. The Balaban J connectivity index is 1.18. The molecule has 18 N–H and O–H groups in total. The highest BCUT2D eigenvalue weighted by Crippen LogP contribution is 2.39. The standard InChI is InChI=1S/C47H82O31/c1-13-17(5)67-22(10-52)37(27(13)56)74-44-16(4)28(57)38(23(11-53)72-44)75-45-36(65)39(76-47-41(35(64)32(61)21(9-51)71-47)78-43-15(3)26(55)30(59)19(7-49)69-43)33(62)24(73-45)12-66-46-40(34(63)31(60)20(8-50)70-46)77-42-14(2)25(54)29(58)18(6-48)68-42/h13-65H,6-12H2,1-5H3/t13-,14?,15+,16+,17+,18+,19?,20?,21-,22?,23?,24?,25?,26?,27?,28?,29-,30-,31-,32-,33-,34?,35?,36-,37-,38-,39?,40-,41?,42+,43+,44+,45+,46+,47-/m1/s1. The van der Waals surface area contributed by atoms with E-state index in [1.165, 1.54) is 20.8 Å². The molecular weight excluding hydrogens is 1060 g/mol. The van der Waals surface area contributed by atoms with Crippen LogP contribution in [-0.4, -0.2) is 329 Å². The van der Waals surface area contributed by atoms with Crippen LogP contribution in [0.25, 0.3) is 0 Å². The molecule has 35 atom stereocenters. The number of ether oxygens (including phenoxy) is 13. The van der Waals surface area contributed by atoms with Crippen LogP contribution in [0.1, 0.15) is 34.6 Å². The molecule has 7 aliphatic rings. The predicted octanol–water partition coefficient (Wildman–Crippen LogP) is -10.1. The molecule has 0 aliphatic carbocycles. The molecule has 7 saturated heterocycles. The lowest BCUT2D eigenvalue weighted by Gasteiger charge is -2.50. The average Bonchev–Trinajstić information content (AvgIpc) is 3.47. The van der Waals surface area contributed by atoms with E-state index in [-0.39, 0.29) is 0 Å². The van der Waals surface area contributed by atoms with Gasteiger partial charge in [-0.25, -0.2) is 0 Å². The van der Waals surface area contributed by atoms with Crippen molar-refractivity contribution in [2.24, 2.45) is 23.7 Å². The maximum absolute atomic E-state index is 12.2. The van der Waals surface area contributed by atoms with Gasteiger partial charge in [-0.2, -0.15) is 0 Å². The van der Waals surface area contributed by atoms with Crippen LogP contribution in [0.3, 0.4) is 0 Å². The first kappa shape index (κ1) is 64.3. The van der Waals surface area contributed by atoms with E-state index < -0.39 is 260 Å². The van der Waals surface area contributed by atoms with Gasteiger partial charge in [-0.3, -0.25) is 0 Å². The van der Waals surface area contributed by atoms with Crippen LogP contribution in [0.4, 0.5) is 0 Å². The summed E-state index contributed by atoms with van der Waals surface area (Å²) in [6, 6.07) is 0. The summed E-state index contributed by atoms with van der Waals surface area (Å²) in [7, 11) is 0. The van der Waals surface area contributed by atoms with Crippen molar-refractivity contribution in [2.45, 2.75) is 225 Å². The fraction of sp³-hybridized carbons (Fsp3) is 1.00. The second kappa shape index (κ2) is 27.6. The number of aliphatic hydroxyl groups is 18. The highest BCUT2D eigenvalue weighted by Gasteiger charge is 2.58. The molecule has 0 spiro atoms. The Morgan fingerprint density at radius 2 is 0.577 bits per heavy atom. The second-order valence-corrected chi connectivity index (χ2v) is 21.4. The summed E-state index contributed by atoms with van der Waals surface area (Å²) in [5, 5.41) is 195. The molecule has 0 bridgehead atoms. The molecular formula is C47H82O31. The summed E-state index contributed by atoms with van der Waals surface area (Å²) in [6.07, 6.45) is -50.7. The number of hydrogen-bond donors (Lipinski definition) is 18. The van der Waals surface area contributed by atoms with Crippen LogP contribution in [0, 0.1) is 23.7 Å². The van der Waals surface area contributed by atoms with Crippen molar-refractivity contribution in [3.63, 3.8) is 0 Å². The van der Waals surface area contributed by atoms with Crippen LogP contribution in [0.15, 0.2) is 0 Å². The zero-order chi connectivity index (χ0) is 57.3. The molecule has 31 heteroatoms. The minimum absolute atomic E-state index is 0.471. The molecule has 7 aliphatic heterocycles. The zero-order valence-electron chi connectivity index (χ0n) is 43.5. The van der Waals surface area contributed by atoms with E-state index in [1.54, 1.807) is 13.8 Å². The van der Waals surface area contributed by atoms with Crippen molar-refractivity contribution in [2.75, 3.05) is 46.2 Å². The summed E-state index contributed by atoms with van der Waals surface area (Å²) >= 11 is 0. The van der Waals surface area contributed by atoms with Gasteiger partial charge in [0, 0.05) is 23.7 Å². The van der Waals surface area contributed by atoms with E-state index in [4.69, 9.17) is 61.6 Å². The van der Waals surface area contributed by atoms with E-state index >= 15 is 0 Å². The molecule has 7 heterocycles. The Bertz CT molecular complexity index is 1810. The Hall–Kier alpha value is -1.24. The topological polar surface area (TPSA) is 484 Å². The van der Waals surface area contributed by atoms with E-state index in [2.05, 4.69) is 0 Å². The van der Waals surface area contributed by atoms with Gasteiger partial charge in [-0.05, 0) is 6.92 Å². The van der Waals surface area contributed by atoms with Gasteiger partial charge in [-0.1, -0.05) is 27.7 Å². The first-order chi connectivity index (χ1) is 37.0. The minimum Gasteiger partial charge on any atom is -0.394 e. The normalized spacial score (nSPS) is 53.5. The van der Waals surface area contributed by atoms with Gasteiger partial charge in [-0.15, -0.1) is 0 Å². The second-order valence-electron chi connectivity index (χ2n) is 21.4. The Labute approximate surface area is 447 Å². The lowest BCUT2D eigenvalue weighted by molar-refractivity contribution is -0.398. The molecule has 456 valence electrons. The van der Waals surface area contributed by atoms with Crippen molar-refractivity contribution in [1.82, 2.24) is 0 Å². The minimum atomic E-state index is -2.19. The fourth-order valence-corrected chi connectivity index (χ4v) is 10.8. The lowest BCUT2D eigenvalue weighted by Crippen LogP contribution is -2.67. The average molecular weight is 1140 g/mol. The number of rotatable bonds is 19. The largest absolute Gasteiger partial charge is 0.394 e. The monoisotopic (exact) mass is 1140 g/mol. The third-order valence-electron chi connectivity index (χ3n) is 16.3. The Morgan fingerprint density at radius 3 is 1.04 bits per heavy atom. The quantitative estimate of drug-likeness (QED) is 0.0571. The third kappa shape index (κ3) is 13.2. The van der Waals surface area contributed by atoms with E-state index in [0.29, 0.717) is 0 Å². The first-order valence-corrected chi connectivity index (χ1v) is 26.3. The van der Waals surface area contributed by atoms with Crippen molar-refractivity contribution in [1.29, 1.82) is 0 Å². The van der Waals surface area contributed by atoms with Crippen LogP contribution < -0.4 is 0 Å². The van der Waals surface area contributed by atoms with Crippen molar-refractivity contribution in [3.05, 3.63) is 0 Å². The van der Waals surface area contributed by atoms with E-state index in [9.17, 15) is 91.9 Å². The maximum Gasteiger partial charge on any atom is 0.187 e. The van der Waals surface area contributed by atoms with Crippen molar-refractivity contribution in [3.8, 4) is 0 Å². The van der Waals surface area contributed by atoms with Crippen LogP contribution >= 0.6 is 0 Å². The molecule has 0 aromatic rings. The van der Waals surface area contributed by atoms with Crippen LogP contribution in [0.2, 0.25) is 0 Å². The highest BCUT2D eigenvalue weighted by atomic mass is 16.8. The van der Waals surface area contributed by atoms with Gasteiger partial charge in [0.1, 0.15) is 122 Å². The number of aliphatic hydroxyl groups excluding tert-OH is 18. The molecule has 0 saturated carbocycles. The molecule has 0 amide bonds. The first-order valence-electron chi connectivity index (χ1n) is 26.3. The summed E-state index contributed by atoms with van der Waals surface area (Å²) in [6.45, 7) is 1.95. The maximum atomic E-state index is 12.2. The van der Waals surface area contributed by atoms with Gasteiger partial charge in [0.25, 0.3) is 0 Å². The fourth-order valence-electron chi connectivity index (χ4n) is 10.8. The molecule has 7 fully saturated rings. The number of hydrogen-bond acceptors (Lipinski definition) is 31. The van der Waals surface area contributed by atoms with Crippen LogP contribution in [0.5, 0.6) is 0 Å². The van der Waals surface area contributed by atoms with E-state index in [0.717, 1.165) is 0 Å². The van der Waals surface area contributed by atoms with Crippen molar-refractivity contribution < 1.29 is 153 Å². The van der Waals surface area contributed by atoms with Gasteiger partial charge in [0.05, 0.1) is 76.8 Å². The molecule has 31 nitrogen and oxygen atoms in total. The van der Waals surface area contributed by atoms with Crippen LogP contribution in [-0.2, 0) is 61.6 Å². The van der Waals surface area contributed by atoms with Gasteiger partial charge < -0.3 is 153 Å². The van der Waals surface area contributed by atoms with Crippen molar-refractivity contribution >= 4 is 0 Å². The SMILES string of the molecule is CC1C(O)[C@H](O)[C@H](CO)O[C@H]1O[C@@H]1C(O)[C@H](O)C(CO)O[C@@H]1OCC1O[C@@H](O[C@@H]2C(CO)O[C@@H](O[C@@H]3C(CO)O[C@@H](C)[C@@H](C)C3O)[C@@H](C)C2O)[C@H](O)C(O[C@H]2O[C@H](CO)[C@@H](O)C(O)C2O[C@@H]2OC(CO)[C@@H](O)C(O)[C@@H]2C)[C@@H]1O. The Morgan fingerprint density at radius 1 is 0.256 bits per heavy atom. The molecule has 78 heavy (non-hydrogen) atoms. The third-order valence-corrected chi connectivity index (χ3v) is 16.3. The van der Waals surface area contributed by atoms with Gasteiger partial charge >= 0.3 is 0 Å². The molecule has 0 aromatic carbocycles. The lowest BCUT2D eigenvalue weighted by atomic mass is 9.88. The Kier molecular flexibility index (Phi) is 22.8. The van der Waals surface area contributed by atoms with Gasteiger partial charge in [0.2, 0.25) is 0 Å². The summed E-state index contributed by atoms with van der Waals surface area (Å²) < 4.78 is 77.7. The molecule has 0 aromatic heterocycles. The highest BCUT2D eigenvalue weighted by molar-refractivity contribution is 5.00. The summed E-state index contributed by atoms with van der Waals surface area (Å²) in [5.41, 5.74) is 0.